The molecule has 0 aliphatic rings. The minimum atomic E-state index is 0.282. The van der Waals surface area contributed by atoms with Crippen LogP contribution in [0.15, 0.2) is 16.8 Å². The van der Waals surface area contributed by atoms with E-state index in [9.17, 15) is 0 Å². The Bertz CT molecular complexity index is 191. The van der Waals surface area contributed by atoms with Crippen molar-refractivity contribution in [1.82, 2.24) is 0 Å². The fraction of sp³-hybridized carbons (Fsp3) is 0.400. The van der Waals surface area contributed by atoms with Gasteiger partial charge in [-0.2, -0.15) is 5.26 Å². The van der Waals surface area contributed by atoms with Gasteiger partial charge in [0.05, 0.1) is 6.07 Å². The summed E-state index contributed by atoms with van der Waals surface area (Å²) in [6.07, 6.45) is 1.36. The van der Waals surface area contributed by atoms with Gasteiger partial charge in [0.15, 0.2) is 0 Å². The van der Waals surface area contributed by atoms with Gasteiger partial charge >= 0.3 is 0 Å². The van der Waals surface area contributed by atoms with Crippen molar-refractivity contribution in [2.75, 3.05) is 6.54 Å². The largest absolute Gasteiger partial charge is 0.193 e. The molecule has 0 saturated carbocycles. The highest BCUT2D eigenvalue weighted by Crippen LogP contribution is 1.90. The number of nitriles is 1. The molecule has 0 saturated heterocycles. The van der Waals surface area contributed by atoms with Crippen LogP contribution in [-0.4, -0.2) is 6.54 Å². The van der Waals surface area contributed by atoms with Gasteiger partial charge in [0.2, 0.25) is 0 Å². The normalized spacial score (nSPS) is 9.56. The van der Waals surface area contributed by atoms with Crippen molar-refractivity contribution in [2.45, 2.75) is 6.92 Å². The van der Waals surface area contributed by atoms with E-state index in [1.807, 2.05) is 6.07 Å². The van der Waals surface area contributed by atoms with E-state index in [1.54, 1.807) is 6.92 Å². The molecule has 0 N–H and O–H groups in total. The van der Waals surface area contributed by atoms with E-state index in [-0.39, 0.29) is 6.54 Å². The first-order valence-corrected chi connectivity index (χ1v) is 2.37. The summed E-state index contributed by atoms with van der Waals surface area (Å²) in [5.74, 6) is 0. The van der Waals surface area contributed by atoms with E-state index >= 15 is 0 Å². The summed E-state index contributed by atoms with van der Waals surface area (Å²) in [7, 11) is 0. The molecule has 0 aliphatic carbocycles. The average Bonchev–Trinajstić information content (AvgIpc) is 1.85. The average molecular weight is 122 g/mol. The molecule has 46 valence electrons. The molecule has 9 heavy (non-hydrogen) atoms. The van der Waals surface area contributed by atoms with Crippen LogP contribution in [0.5, 0.6) is 0 Å². The predicted molar refractivity (Wildman–Crippen MR) is 33.4 cm³/mol. The zero-order valence-electron chi connectivity index (χ0n) is 5.07. The maximum Gasteiger partial charge on any atom is 0.0911 e. The van der Waals surface area contributed by atoms with Crippen LogP contribution >= 0.6 is 0 Å². The molecule has 0 unspecified atom stereocenters. The zero-order chi connectivity index (χ0) is 7.11. The first kappa shape index (κ1) is 7.54. The molecule has 0 amide bonds. The van der Waals surface area contributed by atoms with E-state index in [2.05, 4.69) is 10.0 Å². The Kier molecular flexibility index (Phi) is 3.93. The predicted octanol–water partition coefficient (Wildman–Crippen LogP) is 1.77. The topological polar surface area (TPSA) is 72.5 Å². The van der Waals surface area contributed by atoms with Crippen LogP contribution in [0.3, 0.4) is 0 Å². The molecule has 0 radical (unpaired) electrons. The Morgan fingerprint density at radius 3 is 3.11 bits per heavy atom. The van der Waals surface area contributed by atoms with E-state index in [0.29, 0.717) is 0 Å². The zero-order valence-corrected chi connectivity index (χ0v) is 5.07. The van der Waals surface area contributed by atoms with Crippen molar-refractivity contribution in [3.05, 3.63) is 22.1 Å². The molecule has 4 nitrogen and oxygen atoms in total. The van der Waals surface area contributed by atoms with Crippen LogP contribution in [0.2, 0.25) is 0 Å². The maximum absolute atomic E-state index is 8.07. The van der Waals surface area contributed by atoms with Crippen molar-refractivity contribution < 1.29 is 0 Å². The van der Waals surface area contributed by atoms with Gasteiger partial charge in [-0.3, -0.25) is 0 Å². The van der Waals surface area contributed by atoms with Gasteiger partial charge in [-0.25, -0.2) is 0 Å². The number of allylic oxidation sites excluding steroid dienone is 1. The number of rotatable bonds is 2. The molecule has 4 heteroatoms. The summed E-state index contributed by atoms with van der Waals surface area (Å²) in [5.41, 5.74) is 8.60. The molecule has 0 aromatic heterocycles. The lowest BCUT2D eigenvalue weighted by Crippen LogP contribution is -1.77. The van der Waals surface area contributed by atoms with Gasteiger partial charge in [0.1, 0.15) is 0 Å². The Hall–Kier alpha value is -1.46. The minimum Gasteiger partial charge on any atom is -0.193 e. The fourth-order valence-electron chi connectivity index (χ4n) is 0.299. The van der Waals surface area contributed by atoms with Crippen molar-refractivity contribution in [3.63, 3.8) is 0 Å². The van der Waals surface area contributed by atoms with E-state index in [0.717, 1.165) is 5.57 Å². The van der Waals surface area contributed by atoms with Crippen molar-refractivity contribution in [1.29, 1.82) is 5.26 Å². The van der Waals surface area contributed by atoms with Crippen LogP contribution in [0.4, 0.5) is 0 Å². The molecule has 0 aromatic rings. The van der Waals surface area contributed by atoms with Crippen molar-refractivity contribution >= 4 is 0 Å². The van der Waals surface area contributed by atoms with Crippen molar-refractivity contribution in [2.24, 2.45) is 5.11 Å². The summed E-state index contributed by atoms with van der Waals surface area (Å²) < 4.78 is 0. The number of hydrogen-bond acceptors (Lipinski definition) is 2. The maximum atomic E-state index is 8.07. The number of nitrogens with zero attached hydrogens (tertiary/aromatic N) is 4. The molecule has 0 rings (SSSR count). The Balaban J connectivity index is 3.79. The van der Waals surface area contributed by atoms with Crippen LogP contribution in [0.25, 0.3) is 10.4 Å². The second-order valence-corrected chi connectivity index (χ2v) is 1.51. The highest BCUT2D eigenvalue weighted by Gasteiger charge is 1.81. The summed E-state index contributed by atoms with van der Waals surface area (Å²) in [4.78, 5) is 2.53. The SMILES string of the molecule is C/C(=C\C#N)CN=[N+]=[N-]. The summed E-state index contributed by atoms with van der Waals surface area (Å²) >= 11 is 0. The molecule has 0 bridgehead atoms. The lowest BCUT2D eigenvalue weighted by Gasteiger charge is -1.84. The van der Waals surface area contributed by atoms with Gasteiger partial charge < -0.3 is 0 Å². The smallest absolute Gasteiger partial charge is 0.0911 e. The van der Waals surface area contributed by atoms with Gasteiger partial charge in [0.25, 0.3) is 0 Å². The first-order chi connectivity index (χ1) is 4.31. The van der Waals surface area contributed by atoms with E-state index in [1.165, 1.54) is 6.08 Å². The van der Waals surface area contributed by atoms with Crippen molar-refractivity contribution in [3.8, 4) is 6.07 Å². The highest BCUT2D eigenvalue weighted by atomic mass is 15.1. The highest BCUT2D eigenvalue weighted by molar-refractivity contribution is 5.12. The molecule has 0 heterocycles. The number of azide groups is 1. The molecule has 0 fully saturated rings. The van der Waals surface area contributed by atoms with Gasteiger partial charge in [-0.15, -0.1) is 0 Å². The molecular weight excluding hydrogens is 116 g/mol. The quantitative estimate of drug-likeness (QED) is 0.238. The minimum absolute atomic E-state index is 0.282. The summed E-state index contributed by atoms with van der Waals surface area (Å²) in [5, 5.41) is 11.3. The standard InChI is InChI=1S/C5H6N4/c1-5(2-3-6)4-8-9-7/h2H,4H2,1H3/b5-2+. The lowest BCUT2D eigenvalue weighted by molar-refractivity contribution is 1.11. The number of hydrogen-bond donors (Lipinski definition) is 0. The Morgan fingerprint density at radius 1 is 2.00 bits per heavy atom. The third-order valence-corrected chi connectivity index (χ3v) is 0.694. The van der Waals surface area contributed by atoms with Crippen LogP contribution < -0.4 is 0 Å². The monoisotopic (exact) mass is 122 g/mol. The Morgan fingerprint density at radius 2 is 2.67 bits per heavy atom. The van der Waals surface area contributed by atoms with Crippen LogP contribution in [0.1, 0.15) is 6.92 Å². The van der Waals surface area contributed by atoms with Crippen LogP contribution in [0, 0.1) is 11.3 Å². The molecule has 0 atom stereocenters. The van der Waals surface area contributed by atoms with Gasteiger partial charge in [0, 0.05) is 17.5 Å². The second kappa shape index (κ2) is 4.69. The fourth-order valence-corrected chi connectivity index (χ4v) is 0.299. The summed E-state index contributed by atoms with van der Waals surface area (Å²) in [6, 6.07) is 1.83. The second-order valence-electron chi connectivity index (χ2n) is 1.51. The molecule has 0 aromatic carbocycles. The van der Waals surface area contributed by atoms with E-state index in [4.69, 9.17) is 10.8 Å². The van der Waals surface area contributed by atoms with Gasteiger partial charge in [-0.05, 0) is 12.5 Å². The summed E-state index contributed by atoms with van der Waals surface area (Å²) in [6.45, 7) is 2.02. The Labute approximate surface area is 53.0 Å². The molecule has 0 spiro atoms. The van der Waals surface area contributed by atoms with Crippen LogP contribution in [-0.2, 0) is 0 Å². The van der Waals surface area contributed by atoms with Gasteiger partial charge in [-0.1, -0.05) is 10.7 Å². The molecular formula is C5H6N4. The third-order valence-electron chi connectivity index (χ3n) is 0.694. The first-order valence-electron chi connectivity index (χ1n) is 2.37. The lowest BCUT2D eigenvalue weighted by atomic mass is 10.3. The third kappa shape index (κ3) is 4.39. The molecule has 0 aliphatic heterocycles. The van der Waals surface area contributed by atoms with E-state index < -0.39 is 0 Å².